The number of fused-ring (bicyclic) bond motifs is 3. The first-order valence-electron chi connectivity index (χ1n) is 9.19. The van der Waals surface area contributed by atoms with Crippen molar-refractivity contribution >= 4 is 0 Å². The van der Waals surface area contributed by atoms with Crippen LogP contribution in [0.4, 0.5) is 0 Å². The largest absolute Gasteiger partial charge is 0.390 e. The normalized spacial score (nSPS) is 55.6. The van der Waals surface area contributed by atoms with E-state index in [9.17, 15) is 10.2 Å². The minimum Gasteiger partial charge on any atom is -0.390 e. The molecule has 0 amide bonds. The highest BCUT2D eigenvalue weighted by atomic mass is 16.5. The fourth-order valence-corrected chi connectivity index (χ4v) is 6.33. The van der Waals surface area contributed by atoms with E-state index < -0.39 is 23.4 Å². The highest BCUT2D eigenvalue weighted by Gasteiger charge is 2.66. The van der Waals surface area contributed by atoms with Crippen molar-refractivity contribution in [3.05, 3.63) is 12.7 Å². The fraction of sp³-hybridized carbons (Fsp3) is 0.900. The Labute approximate surface area is 141 Å². The van der Waals surface area contributed by atoms with Gasteiger partial charge in [0, 0.05) is 0 Å². The summed E-state index contributed by atoms with van der Waals surface area (Å²) in [5, 5.41) is 21.7. The summed E-state index contributed by atoms with van der Waals surface area (Å²) in [7, 11) is 0. The molecule has 2 saturated carbocycles. The van der Waals surface area contributed by atoms with Gasteiger partial charge in [0.05, 0.1) is 17.8 Å². The molecule has 0 unspecified atom stereocenters. The number of rotatable bonds is 1. The van der Waals surface area contributed by atoms with Gasteiger partial charge in [0.1, 0.15) is 5.60 Å². The van der Waals surface area contributed by atoms with Crippen molar-refractivity contribution in [3.8, 4) is 0 Å². The molecule has 23 heavy (non-hydrogen) atoms. The third-order valence-electron chi connectivity index (χ3n) is 7.85. The molecular formula is C20H34O3. The summed E-state index contributed by atoms with van der Waals surface area (Å²) in [4.78, 5) is 0. The number of aliphatic hydroxyl groups is 2. The van der Waals surface area contributed by atoms with Crippen LogP contribution in [0.15, 0.2) is 12.7 Å². The molecule has 2 aliphatic carbocycles. The minimum atomic E-state index is -0.778. The molecule has 1 heterocycles. The fourth-order valence-electron chi connectivity index (χ4n) is 6.33. The maximum atomic E-state index is 11.0. The molecule has 3 fully saturated rings. The minimum absolute atomic E-state index is 0.110. The van der Waals surface area contributed by atoms with E-state index in [0.717, 1.165) is 12.8 Å². The van der Waals surface area contributed by atoms with Gasteiger partial charge in [0.15, 0.2) is 0 Å². The molecule has 1 saturated heterocycles. The highest BCUT2D eigenvalue weighted by molar-refractivity contribution is 5.17. The van der Waals surface area contributed by atoms with Gasteiger partial charge in [-0.2, -0.15) is 0 Å². The summed E-state index contributed by atoms with van der Waals surface area (Å²) < 4.78 is 6.40. The van der Waals surface area contributed by atoms with Crippen LogP contribution < -0.4 is 0 Å². The predicted octanol–water partition coefficient (Wildman–Crippen LogP) is 3.68. The van der Waals surface area contributed by atoms with Crippen molar-refractivity contribution in [1.29, 1.82) is 0 Å². The molecule has 0 aromatic carbocycles. The quantitative estimate of drug-likeness (QED) is 0.724. The Balaban J connectivity index is 2.05. The van der Waals surface area contributed by atoms with Crippen molar-refractivity contribution in [2.75, 3.05) is 0 Å². The number of hydrogen-bond acceptors (Lipinski definition) is 3. The van der Waals surface area contributed by atoms with E-state index in [1.807, 2.05) is 6.92 Å². The van der Waals surface area contributed by atoms with Crippen LogP contribution in [0.1, 0.15) is 66.7 Å². The lowest BCUT2D eigenvalue weighted by Gasteiger charge is -2.67. The third-order valence-corrected chi connectivity index (χ3v) is 7.85. The Morgan fingerprint density at radius 2 is 1.57 bits per heavy atom. The molecule has 132 valence electrons. The number of hydrogen-bond donors (Lipinski definition) is 2. The van der Waals surface area contributed by atoms with Crippen LogP contribution in [0.3, 0.4) is 0 Å². The summed E-state index contributed by atoms with van der Waals surface area (Å²) in [6.07, 6.45) is 5.72. The average molecular weight is 322 g/mol. The Bertz CT molecular complexity index is 501. The molecule has 0 aromatic rings. The second kappa shape index (κ2) is 5.06. The Kier molecular flexibility index (Phi) is 3.84. The molecule has 7 atom stereocenters. The molecule has 0 aromatic heterocycles. The van der Waals surface area contributed by atoms with Crippen LogP contribution in [0.25, 0.3) is 0 Å². The van der Waals surface area contributed by atoms with Gasteiger partial charge in [0.25, 0.3) is 0 Å². The lowest BCUT2D eigenvalue weighted by Crippen LogP contribution is -2.70. The summed E-state index contributed by atoms with van der Waals surface area (Å²) >= 11 is 0. The van der Waals surface area contributed by atoms with Crippen molar-refractivity contribution in [2.45, 2.75) is 90.1 Å². The second-order valence-corrected chi connectivity index (χ2v) is 9.63. The molecule has 3 rings (SSSR count). The summed E-state index contributed by atoms with van der Waals surface area (Å²) in [5.74, 6) is 0.645. The lowest BCUT2D eigenvalue weighted by molar-refractivity contribution is -0.313. The van der Waals surface area contributed by atoms with E-state index in [2.05, 4.69) is 34.3 Å². The van der Waals surface area contributed by atoms with E-state index in [4.69, 9.17) is 4.74 Å². The summed E-state index contributed by atoms with van der Waals surface area (Å²) in [6.45, 7) is 14.9. The van der Waals surface area contributed by atoms with E-state index in [1.165, 1.54) is 12.8 Å². The van der Waals surface area contributed by atoms with Gasteiger partial charge in [-0.1, -0.05) is 33.3 Å². The van der Waals surface area contributed by atoms with Crippen molar-refractivity contribution in [2.24, 2.45) is 22.7 Å². The van der Waals surface area contributed by atoms with Crippen molar-refractivity contribution < 1.29 is 14.9 Å². The van der Waals surface area contributed by atoms with E-state index >= 15 is 0 Å². The summed E-state index contributed by atoms with van der Waals surface area (Å²) in [5.41, 5.74) is -1.04. The van der Waals surface area contributed by atoms with Crippen molar-refractivity contribution in [3.63, 3.8) is 0 Å². The van der Waals surface area contributed by atoms with Gasteiger partial charge in [-0.3, -0.25) is 0 Å². The average Bonchev–Trinajstić information content (AvgIpc) is 2.45. The maximum absolute atomic E-state index is 11.0. The van der Waals surface area contributed by atoms with Crippen LogP contribution in [-0.2, 0) is 4.74 Å². The van der Waals surface area contributed by atoms with E-state index in [-0.39, 0.29) is 16.7 Å². The van der Waals surface area contributed by atoms with Gasteiger partial charge < -0.3 is 14.9 Å². The zero-order valence-corrected chi connectivity index (χ0v) is 15.4. The SMILES string of the molecule is C=C[C@@]1(C)O[C@@]2(C)[C@H](C[C@@H]1O)[C@@]1(C)CCCC(C)(C)[C@@H]1C[C@@H]2O. The predicted molar refractivity (Wildman–Crippen MR) is 92.1 cm³/mol. The van der Waals surface area contributed by atoms with Crippen LogP contribution in [0.5, 0.6) is 0 Å². The van der Waals surface area contributed by atoms with Gasteiger partial charge in [-0.05, 0) is 62.2 Å². The Hall–Kier alpha value is -0.380. The van der Waals surface area contributed by atoms with Crippen molar-refractivity contribution in [1.82, 2.24) is 0 Å². The van der Waals surface area contributed by atoms with E-state index in [0.29, 0.717) is 12.3 Å². The van der Waals surface area contributed by atoms with Crippen LogP contribution in [0.2, 0.25) is 0 Å². The molecule has 3 heteroatoms. The molecule has 3 aliphatic rings. The molecule has 0 spiro atoms. The molecular weight excluding hydrogens is 288 g/mol. The van der Waals surface area contributed by atoms with Gasteiger partial charge >= 0.3 is 0 Å². The molecule has 1 aliphatic heterocycles. The topological polar surface area (TPSA) is 49.7 Å². The molecule has 2 N–H and O–H groups in total. The van der Waals surface area contributed by atoms with Crippen LogP contribution in [0, 0.1) is 22.7 Å². The number of ether oxygens (including phenoxy) is 1. The smallest absolute Gasteiger partial charge is 0.110 e. The van der Waals surface area contributed by atoms with Crippen LogP contribution >= 0.6 is 0 Å². The molecule has 0 radical (unpaired) electrons. The zero-order chi connectivity index (χ0) is 17.3. The second-order valence-electron chi connectivity index (χ2n) is 9.63. The first kappa shape index (κ1) is 17.4. The lowest BCUT2D eigenvalue weighted by atomic mass is 9.43. The number of aliphatic hydroxyl groups excluding tert-OH is 2. The van der Waals surface area contributed by atoms with E-state index in [1.54, 1.807) is 6.08 Å². The Morgan fingerprint density at radius 1 is 0.957 bits per heavy atom. The summed E-state index contributed by atoms with van der Waals surface area (Å²) in [6, 6.07) is 0. The highest BCUT2D eigenvalue weighted by Crippen LogP contribution is 2.65. The zero-order valence-electron chi connectivity index (χ0n) is 15.4. The van der Waals surface area contributed by atoms with Gasteiger partial charge in [-0.25, -0.2) is 0 Å². The molecule has 0 bridgehead atoms. The maximum Gasteiger partial charge on any atom is 0.110 e. The first-order chi connectivity index (χ1) is 10.5. The standard InChI is InChI=1S/C20H34O3/c1-7-19(5)15(21)12-14-18(4)10-8-9-17(2,3)13(18)11-16(22)20(14,6)23-19/h7,13-16,21-22H,1,8-12H2,2-6H3/t13-,14+,15-,16-,18-,19+,20-/m0/s1. The van der Waals surface area contributed by atoms with Gasteiger partial charge in [-0.15, -0.1) is 6.58 Å². The Morgan fingerprint density at radius 3 is 2.17 bits per heavy atom. The molecule has 3 nitrogen and oxygen atoms in total. The first-order valence-corrected chi connectivity index (χ1v) is 9.19. The van der Waals surface area contributed by atoms with Gasteiger partial charge in [0.2, 0.25) is 0 Å². The van der Waals surface area contributed by atoms with Crippen LogP contribution in [-0.4, -0.2) is 33.6 Å². The monoisotopic (exact) mass is 322 g/mol. The third kappa shape index (κ3) is 2.26.